The minimum Gasteiger partial charge on any atom is -0.497 e. The van der Waals surface area contributed by atoms with E-state index in [0.717, 1.165) is 0 Å². The number of ketones is 2. The van der Waals surface area contributed by atoms with Gasteiger partial charge < -0.3 is 24.8 Å². The van der Waals surface area contributed by atoms with E-state index in [4.69, 9.17) is 14.2 Å². The van der Waals surface area contributed by atoms with Crippen molar-refractivity contribution in [2.24, 2.45) is 0 Å². The summed E-state index contributed by atoms with van der Waals surface area (Å²) in [4.78, 5) is 26.6. The molecule has 0 aromatic heterocycles. The Bertz CT molecular complexity index is 895. The van der Waals surface area contributed by atoms with Crippen molar-refractivity contribution in [3.8, 4) is 5.75 Å². The average molecular weight is 384 g/mol. The number of hydrogen-bond acceptors (Lipinski definition) is 7. The number of methoxy groups -OCH3 is 3. The number of hydrogen-bond donors (Lipinski definition) is 2. The minimum absolute atomic E-state index is 0.192. The van der Waals surface area contributed by atoms with E-state index in [1.807, 2.05) is 6.07 Å². The van der Waals surface area contributed by atoms with Crippen molar-refractivity contribution in [2.75, 3.05) is 58.3 Å². The molecule has 0 aliphatic heterocycles. The number of carbonyl (C=O) groups is 2. The van der Waals surface area contributed by atoms with Crippen molar-refractivity contribution >= 4 is 22.9 Å². The second-order valence-electron chi connectivity index (χ2n) is 6.32. The lowest BCUT2D eigenvalue weighted by Crippen LogP contribution is -2.25. The molecule has 1 aliphatic carbocycles. The van der Waals surface area contributed by atoms with Crippen LogP contribution in [0.25, 0.3) is 0 Å². The van der Waals surface area contributed by atoms with Crippen LogP contribution in [-0.4, -0.2) is 59.2 Å². The predicted molar refractivity (Wildman–Crippen MR) is 107 cm³/mol. The molecule has 1 aliphatic rings. The molecule has 0 bridgehead atoms. The van der Waals surface area contributed by atoms with Crippen LogP contribution in [0, 0.1) is 0 Å². The first-order valence-corrected chi connectivity index (χ1v) is 9.02. The first kappa shape index (κ1) is 19.9. The molecule has 0 radical (unpaired) electrons. The lowest BCUT2D eigenvalue weighted by Gasteiger charge is -2.24. The molecule has 7 nitrogen and oxygen atoms in total. The van der Waals surface area contributed by atoms with Gasteiger partial charge in [0.2, 0.25) is 0 Å². The Hall–Kier alpha value is -2.90. The van der Waals surface area contributed by atoms with Gasteiger partial charge in [0.25, 0.3) is 0 Å². The maximum Gasteiger partial charge on any atom is 0.196 e. The van der Waals surface area contributed by atoms with Crippen molar-refractivity contribution < 1.29 is 23.8 Å². The van der Waals surface area contributed by atoms with E-state index in [-0.39, 0.29) is 11.6 Å². The summed E-state index contributed by atoms with van der Waals surface area (Å²) in [5, 5.41) is 6.39. The largest absolute Gasteiger partial charge is 0.497 e. The Morgan fingerprint density at radius 2 is 1.29 bits per heavy atom. The van der Waals surface area contributed by atoms with Crippen LogP contribution in [0.3, 0.4) is 0 Å². The van der Waals surface area contributed by atoms with Gasteiger partial charge in [-0.1, -0.05) is 0 Å². The predicted octanol–water partition coefficient (Wildman–Crippen LogP) is 2.59. The molecule has 2 aromatic carbocycles. The van der Waals surface area contributed by atoms with Crippen LogP contribution in [0.4, 0.5) is 11.4 Å². The lowest BCUT2D eigenvalue weighted by atomic mass is 9.82. The normalized spacial score (nSPS) is 12.4. The van der Waals surface area contributed by atoms with E-state index in [9.17, 15) is 9.59 Å². The van der Waals surface area contributed by atoms with Crippen molar-refractivity contribution in [2.45, 2.75) is 0 Å². The van der Waals surface area contributed by atoms with E-state index in [1.165, 1.54) is 7.11 Å². The quantitative estimate of drug-likeness (QED) is 0.549. The molecular formula is C21H24N2O5. The second kappa shape index (κ2) is 8.86. The number of rotatable bonds is 9. The fraction of sp³-hybridized carbons (Fsp3) is 0.333. The SMILES string of the molecule is COCCNc1ccc(NCCOC)c2c1C(=O)c1ccc(OC)cc1C2=O. The van der Waals surface area contributed by atoms with Gasteiger partial charge in [-0.2, -0.15) is 0 Å². The summed E-state index contributed by atoms with van der Waals surface area (Å²) >= 11 is 0. The minimum atomic E-state index is -0.209. The molecule has 28 heavy (non-hydrogen) atoms. The van der Waals surface area contributed by atoms with E-state index >= 15 is 0 Å². The summed E-state index contributed by atoms with van der Waals surface area (Å²) in [5.41, 5.74) is 2.69. The number of fused-ring (bicyclic) bond motifs is 2. The van der Waals surface area contributed by atoms with Gasteiger partial charge in [-0.05, 0) is 30.3 Å². The summed E-state index contributed by atoms with van der Waals surface area (Å²) in [7, 11) is 4.75. The molecule has 2 aromatic rings. The number of ether oxygens (including phenoxy) is 3. The fourth-order valence-corrected chi connectivity index (χ4v) is 3.25. The molecule has 7 heteroatoms. The molecule has 3 rings (SSSR count). The van der Waals surface area contributed by atoms with Gasteiger partial charge in [0.15, 0.2) is 11.6 Å². The Kier molecular flexibility index (Phi) is 6.28. The van der Waals surface area contributed by atoms with Gasteiger partial charge in [-0.3, -0.25) is 9.59 Å². The standard InChI is InChI=1S/C21H24N2O5/c1-26-10-8-22-16-6-7-17(23-9-11-27-2)19-18(16)20(24)14-5-4-13(28-3)12-15(14)21(19)25/h4-7,12,22-23H,8-11H2,1-3H3. The van der Waals surface area contributed by atoms with Crippen LogP contribution in [0.2, 0.25) is 0 Å². The zero-order chi connectivity index (χ0) is 20.1. The third-order valence-corrected chi connectivity index (χ3v) is 4.62. The molecule has 0 saturated heterocycles. The first-order valence-electron chi connectivity index (χ1n) is 9.02. The number of anilines is 2. The van der Waals surface area contributed by atoms with Crippen LogP contribution >= 0.6 is 0 Å². The number of carbonyl (C=O) groups excluding carboxylic acids is 2. The first-order chi connectivity index (χ1) is 13.6. The lowest BCUT2D eigenvalue weighted by molar-refractivity contribution is 0.0980. The molecule has 0 amide bonds. The highest BCUT2D eigenvalue weighted by molar-refractivity contribution is 6.32. The van der Waals surface area contributed by atoms with Crippen LogP contribution in [0.15, 0.2) is 30.3 Å². The third kappa shape index (κ3) is 3.72. The van der Waals surface area contributed by atoms with Gasteiger partial charge in [-0.15, -0.1) is 0 Å². The van der Waals surface area contributed by atoms with Crippen molar-refractivity contribution in [1.82, 2.24) is 0 Å². The Labute approximate surface area is 164 Å². The van der Waals surface area contributed by atoms with E-state index in [1.54, 1.807) is 38.5 Å². The molecule has 0 heterocycles. The van der Waals surface area contributed by atoms with Crippen molar-refractivity contribution in [1.29, 1.82) is 0 Å². The van der Waals surface area contributed by atoms with Gasteiger partial charge in [0, 0.05) is 49.8 Å². The smallest absolute Gasteiger partial charge is 0.196 e. The summed E-state index contributed by atoms with van der Waals surface area (Å²) in [6.07, 6.45) is 0. The molecule has 2 N–H and O–H groups in total. The molecular weight excluding hydrogens is 360 g/mol. The summed E-state index contributed by atoms with van der Waals surface area (Å²) in [6, 6.07) is 8.56. The molecule has 0 atom stereocenters. The van der Waals surface area contributed by atoms with Crippen LogP contribution in [0.5, 0.6) is 5.75 Å². The number of benzene rings is 2. The Morgan fingerprint density at radius 1 is 0.750 bits per heavy atom. The van der Waals surface area contributed by atoms with Gasteiger partial charge in [0.05, 0.1) is 31.5 Å². The van der Waals surface area contributed by atoms with E-state index in [0.29, 0.717) is 65.7 Å². The van der Waals surface area contributed by atoms with E-state index < -0.39 is 0 Å². The summed E-state index contributed by atoms with van der Waals surface area (Å²) in [5.74, 6) is 0.132. The number of nitrogens with one attached hydrogen (secondary N) is 2. The molecule has 148 valence electrons. The summed E-state index contributed by atoms with van der Waals surface area (Å²) in [6.45, 7) is 2.01. The topological polar surface area (TPSA) is 85.9 Å². The maximum absolute atomic E-state index is 13.3. The highest BCUT2D eigenvalue weighted by Gasteiger charge is 2.34. The van der Waals surface area contributed by atoms with Gasteiger partial charge in [0.1, 0.15) is 5.75 Å². The maximum atomic E-state index is 13.3. The molecule has 0 saturated carbocycles. The molecule has 0 fully saturated rings. The Morgan fingerprint density at radius 3 is 1.79 bits per heavy atom. The molecule has 0 unspecified atom stereocenters. The summed E-state index contributed by atoms with van der Waals surface area (Å²) < 4.78 is 15.4. The zero-order valence-corrected chi connectivity index (χ0v) is 16.3. The molecule has 0 spiro atoms. The zero-order valence-electron chi connectivity index (χ0n) is 16.3. The van der Waals surface area contributed by atoms with Crippen molar-refractivity contribution in [3.05, 3.63) is 52.6 Å². The van der Waals surface area contributed by atoms with Crippen LogP contribution in [0.1, 0.15) is 31.8 Å². The average Bonchev–Trinajstić information content (AvgIpc) is 2.72. The van der Waals surface area contributed by atoms with Crippen molar-refractivity contribution in [3.63, 3.8) is 0 Å². The second-order valence-corrected chi connectivity index (χ2v) is 6.32. The van der Waals surface area contributed by atoms with Gasteiger partial charge in [-0.25, -0.2) is 0 Å². The Balaban J connectivity index is 2.10. The van der Waals surface area contributed by atoms with Gasteiger partial charge >= 0.3 is 0 Å². The highest BCUT2D eigenvalue weighted by Crippen LogP contribution is 2.37. The third-order valence-electron chi connectivity index (χ3n) is 4.62. The fourth-order valence-electron chi connectivity index (χ4n) is 3.25. The monoisotopic (exact) mass is 384 g/mol. The van der Waals surface area contributed by atoms with Crippen LogP contribution < -0.4 is 15.4 Å². The van der Waals surface area contributed by atoms with Crippen LogP contribution in [-0.2, 0) is 9.47 Å². The van der Waals surface area contributed by atoms with E-state index in [2.05, 4.69) is 10.6 Å². The highest BCUT2D eigenvalue weighted by atomic mass is 16.5.